The molecule has 2 atom stereocenters. The minimum atomic E-state index is -0.923. The van der Waals surface area contributed by atoms with Crippen LogP contribution in [-0.4, -0.2) is 35.2 Å². The lowest BCUT2D eigenvalue weighted by molar-refractivity contribution is -0.146. The molecule has 1 rings (SSSR count). The first kappa shape index (κ1) is 8.99. The average molecular weight is 173 g/mol. The Balaban J connectivity index is 2.51. The zero-order valence-electron chi connectivity index (χ0n) is 6.49. The molecular weight excluding hydrogens is 162 g/mol. The van der Waals surface area contributed by atoms with Crippen molar-refractivity contribution < 1.29 is 19.8 Å². The van der Waals surface area contributed by atoms with Crippen LogP contribution in [0.4, 0.5) is 0 Å². The Labute approximate surface area is 69.4 Å². The maximum Gasteiger partial charge on any atom is 0.307 e. The molecule has 1 saturated heterocycles. The van der Waals surface area contributed by atoms with Gasteiger partial charge in [-0.3, -0.25) is 9.59 Å². The number of piperidine rings is 1. The van der Waals surface area contributed by atoms with Gasteiger partial charge in [0.15, 0.2) is 0 Å². The van der Waals surface area contributed by atoms with Gasteiger partial charge in [0, 0.05) is 13.1 Å². The van der Waals surface area contributed by atoms with E-state index in [1.165, 1.54) is 0 Å². The molecule has 0 aromatic carbocycles. The molecule has 5 heteroatoms. The highest BCUT2D eigenvalue weighted by molar-refractivity contribution is 5.74. The average Bonchev–Trinajstić information content (AvgIpc) is 2.04. The molecule has 0 aromatic rings. The monoisotopic (exact) mass is 173 g/mol. The van der Waals surface area contributed by atoms with Crippen LogP contribution in [0.25, 0.3) is 0 Å². The summed E-state index contributed by atoms with van der Waals surface area (Å²) < 4.78 is 0. The number of carboxylic acids is 2. The number of hydrogen-bond acceptors (Lipinski definition) is 3. The van der Waals surface area contributed by atoms with Crippen LogP contribution >= 0.6 is 0 Å². The summed E-state index contributed by atoms with van der Waals surface area (Å²) in [6.07, 6.45) is 0.234. The number of rotatable bonds is 2. The van der Waals surface area contributed by atoms with Gasteiger partial charge < -0.3 is 15.5 Å². The molecule has 0 saturated carbocycles. The van der Waals surface area contributed by atoms with Crippen LogP contribution < -0.4 is 5.32 Å². The van der Waals surface area contributed by atoms with Crippen LogP contribution in [0, 0.1) is 11.8 Å². The zero-order valence-corrected chi connectivity index (χ0v) is 6.49. The van der Waals surface area contributed by atoms with Crippen molar-refractivity contribution in [2.75, 3.05) is 13.1 Å². The maximum absolute atomic E-state index is 10.5. The van der Waals surface area contributed by atoms with Crippen molar-refractivity contribution in [3.05, 3.63) is 0 Å². The maximum atomic E-state index is 10.5. The highest BCUT2D eigenvalue weighted by Crippen LogP contribution is 2.16. The molecule has 5 nitrogen and oxygen atoms in total. The molecule has 1 fully saturated rings. The second-order valence-corrected chi connectivity index (χ2v) is 2.96. The number of aliphatic carboxylic acids is 2. The fourth-order valence-corrected chi connectivity index (χ4v) is 1.32. The largest absolute Gasteiger partial charge is 0.481 e. The van der Waals surface area contributed by atoms with Crippen LogP contribution in [0.5, 0.6) is 0 Å². The van der Waals surface area contributed by atoms with Crippen molar-refractivity contribution in [3.63, 3.8) is 0 Å². The molecular formula is C7H11NO4. The lowest BCUT2D eigenvalue weighted by atomic mass is 9.91. The highest BCUT2D eigenvalue weighted by Gasteiger charge is 2.30. The van der Waals surface area contributed by atoms with E-state index in [2.05, 4.69) is 5.32 Å². The van der Waals surface area contributed by atoms with Crippen molar-refractivity contribution in [1.82, 2.24) is 5.32 Å². The predicted octanol–water partition coefficient (Wildman–Crippen LogP) is -0.619. The van der Waals surface area contributed by atoms with Crippen LogP contribution in [0.3, 0.4) is 0 Å². The van der Waals surface area contributed by atoms with Gasteiger partial charge in [-0.25, -0.2) is 0 Å². The van der Waals surface area contributed by atoms with Gasteiger partial charge in [-0.15, -0.1) is 0 Å². The fraction of sp³-hybridized carbons (Fsp3) is 0.714. The van der Waals surface area contributed by atoms with Gasteiger partial charge >= 0.3 is 11.9 Å². The molecule has 12 heavy (non-hydrogen) atoms. The van der Waals surface area contributed by atoms with Crippen LogP contribution in [-0.2, 0) is 9.59 Å². The first-order valence-electron chi connectivity index (χ1n) is 3.77. The normalized spacial score (nSPS) is 29.7. The predicted molar refractivity (Wildman–Crippen MR) is 39.7 cm³/mol. The topological polar surface area (TPSA) is 86.6 Å². The summed E-state index contributed by atoms with van der Waals surface area (Å²) in [7, 11) is 0. The smallest absolute Gasteiger partial charge is 0.307 e. The van der Waals surface area contributed by atoms with Gasteiger partial charge in [0.25, 0.3) is 0 Å². The second kappa shape index (κ2) is 3.53. The number of carbonyl (C=O) groups is 2. The lowest BCUT2D eigenvalue weighted by Gasteiger charge is -2.24. The second-order valence-electron chi connectivity index (χ2n) is 2.96. The van der Waals surface area contributed by atoms with E-state index in [0.717, 1.165) is 0 Å². The van der Waals surface area contributed by atoms with Crippen molar-refractivity contribution in [2.45, 2.75) is 6.42 Å². The van der Waals surface area contributed by atoms with E-state index < -0.39 is 23.8 Å². The number of hydrogen-bond donors (Lipinski definition) is 3. The Hall–Kier alpha value is -1.10. The molecule has 3 N–H and O–H groups in total. The first-order chi connectivity index (χ1) is 5.61. The quantitative estimate of drug-likeness (QED) is 0.518. The summed E-state index contributed by atoms with van der Waals surface area (Å²) in [5, 5.41) is 20.0. The molecule has 0 radical (unpaired) electrons. The van der Waals surface area contributed by atoms with E-state index in [1.54, 1.807) is 0 Å². The van der Waals surface area contributed by atoms with Gasteiger partial charge in [-0.2, -0.15) is 0 Å². The molecule has 1 heterocycles. The third kappa shape index (κ3) is 1.94. The van der Waals surface area contributed by atoms with E-state index in [0.29, 0.717) is 13.1 Å². The Morgan fingerprint density at radius 3 is 1.83 bits per heavy atom. The molecule has 0 unspecified atom stereocenters. The van der Waals surface area contributed by atoms with Gasteiger partial charge in [-0.05, 0) is 6.42 Å². The van der Waals surface area contributed by atoms with Crippen LogP contribution in [0.2, 0.25) is 0 Å². The third-order valence-electron chi connectivity index (χ3n) is 2.05. The van der Waals surface area contributed by atoms with Crippen LogP contribution in [0.15, 0.2) is 0 Å². The molecule has 0 bridgehead atoms. The summed E-state index contributed by atoms with van der Waals surface area (Å²) in [5.74, 6) is -2.96. The highest BCUT2D eigenvalue weighted by atomic mass is 16.4. The van der Waals surface area contributed by atoms with Crippen molar-refractivity contribution in [2.24, 2.45) is 11.8 Å². The van der Waals surface area contributed by atoms with E-state index in [1.807, 2.05) is 0 Å². The van der Waals surface area contributed by atoms with Crippen molar-refractivity contribution in [3.8, 4) is 0 Å². The molecule has 0 amide bonds. The zero-order chi connectivity index (χ0) is 9.14. The Bertz CT molecular complexity index is 184. The van der Waals surface area contributed by atoms with Crippen molar-refractivity contribution >= 4 is 11.9 Å². The van der Waals surface area contributed by atoms with Gasteiger partial charge in [-0.1, -0.05) is 0 Å². The summed E-state index contributed by atoms with van der Waals surface area (Å²) in [6.45, 7) is 0.748. The summed E-state index contributed by atoms with van der Waals surface area (Å²) in [4.78, 5) is 21.0. The minimum absolute atomic E-state index is 0.234. The van der Waals surface area contributed by atoms with Gasteiger partial charge in [0.2, 0.25) is 0 Å². The number of carboxylic acid groups (broad SMARTS) is 2. The summed E-state index contributed by atoms with van der Waals surface area (Å²) in [5.41, 5.74) is 0. The van der Waals surface area contributed by atoms with E-state index in [-0.39, 0.29) is 6.42 Å². The lowest BCUT2D eigenvalue weighted by Crippen LogP contribution is -2.42. The standard InChI is InChI=1S/C7H11NO4/c9-6(10)4-1-5(7(11)12)3-8-2-4/h4-5,8H,1-3H2,(H,9,10)(H,11,12)/t4-,5+. The summed E-state index contributed by atoms with van der Waals surface area (Å²) in [6, 6.07) is 0. The van der Waals surface area contributed by atoms with E-state index >= 15 is 0 Å². The fourth-order valence-electron chi connectivity index (χ4n) is 1.32. The SMILES string of the molecule is O=C(O)[C@@H]1CNC[C@H](C(=O)O)C1. The van der Waals surface area contributed by atoms with E-state index in [4.69, 9.17) is 10.2 Å². The molecule has 0 aliphatic carbocycles. The minimum Gasteiger partial charge on any atom is -0.481 e. The third-order valence-corrected chi connectivity index (χ3v) is 2.05. The number of nitrogens with one attached hydrogen (secondary N) is 1. The Morgan fingerprint density at radius 2 is 1.50 bits per heavy atom. The molecule has 0 aromatic heterocycles. The summed E-state index contributed by atoms with van der Waals surface area (Å²) >= 11 is 0. The molecule has 1 aliphatic rings. The molecule has 0 spiro atoms. The van der Waals surface area contributed by atoms with Crippen molar-refractivity contribution in [1.29, 1.82) is 0 Å². The van der Waals surface area contributed by atoms with Crippen LogP contribution in [0.1, 0.15) is 6.42 Å². The first-order valence-corrected chi connectivity index (χ1v) is 3.77. The molecule has 1 aliphatic heterocycles. The molecule has 68 valence electrons. The van der Waals surface area contributed by atoms with E-state index in [9.17, 15) is 9.59 Å². The van der Waals surface area contributed by atoms with Gasteiger partial charge in [0.05, 0.1) is 11.8 Å². The van der Waals surface area contributed by atoms with Gasteiger partial charge in [0.1, 0.15) is 0 Å². The Kier molecular flexibility index (Phi) is 2.65. The Morgan fingerprint density at radius 1 is 1.08 bits per heavy atom.